The normalized spacial score (nSPS) is 11.2. The Hall–Kier alpha value is -1.92. The molecule has 3 rings (SSSR count). The van der Waals surface area contributed by atoms with Gasteiger partial charge in [0, 0.05) is 17.5 Å². The maximum atomic E-state index is 14.0. The topological polar surface area (TPSA) is 80.7 Å². The number of nitrogens with two attached hydrogens (primary N) is 2. The lowest BCUT2D eigenvalue weighted by Gasteiger charge is -2.12. The predicted octanol–water partition coefficient (Wildman–Crippen LogP) is 3.17. The highest BCUT2D eigenvalue weighted by atomic mass is 79.9. The molecule has 0 aliphatic heterocycles. The number of nitrogens with zero attached hydrogens (tertiary/aromatic N) is 1. The van der Waals surface area contributed by atoms with Gasteiger partial charge in [0.2, 0.25) is 0 Å². The van der Waals surface area contributed by atoms with Gasteiger partial charge in [-0.15, -0.1) is 0 Å². The molecule has 0 radical (unpaired) electrons. The summed E-state index contributed by atoms with van der Waals surface area (Å²) in [4.78, 5) is 0. The fourth-order valence-electron chi connectivity index (χ4n) is 2.38. The lowest BCUT2D eigenvalue weighted by molar-refractivity contribution is 0.631. The number of rotatable bonds is 2. The number of hydrogen-bond donors (Lipinski definition) is 3. The van der Waals surface area contributed by atoms with E-state index in [4.69, 9.17) is 11.5 Å². The highest BCUT2D eigenvalue weighted by Gasteiger charge is 2.17. The Labute approximate surface area is 123 Å². The Morgan fingerprint density at radius 3 is 2.70 bits per heavy atom. The fourth-order valence-corrected chi connectivity index (χ4v) is 2.90. The SMILES string of the molecule is NCc1c(-c2ccccc2F)cc(N)c2n[nH]c(Br)c12. The second kappa shape index (κ2) is 4.88. The van der Waals surface area contributed by atoms with Crippen LogP contribution in [-0.4, -0.2) is 10.2 Å². The summed E-state index contributed by atoms with van der Waals surface area (Å²) in [7, 11) is 0. The van der Waals surface area contributed by atoms with Crippen molar-refractivity contribution in [1.29, 1.82) is 0 Å². The quantitative estimate of drug-likeness (QED) is 0.629. The molecule has 20 heavy (non-hydrogen) atoms. The molecule has 0 saturated carbocycles. The Kier molecular flexibility index (Phi) is 3.19. The zero-order valence-corrected chi connectivity index (χ0v) is 12.0. The summed E-state index contributed by atoms with van der Waals surface area (Å²) in [5, 5.41) is 7.76. The van der Waals surface area contributed by atoms with E-state index in [-0.39, 0.29) is 12.4 Å². The molecule has 0 aliphatic carbocycles. The Bertz CT molecular complexity index is 797. The van der Waals surface area contributed by atoms with Gasteiger partial charge in [-0.25, -0.2) is 4.39 Å². The van der Waals surface area contributed by atoms with Crippen LogP contribution in [0, 0.1) is 5.82 Å². The maximum absolute atomic E-state index is 14.0. The zero-order chi connectivity index (χ0) is 14.3. The number of halogens is 2. The first-order valence-electron chi connectivity index (χ1n) is 6.03. The van der Waals surface area contributed by atoms with E-state index in [0.29, 0.717) is 26.9 Å². The predicted molar refractivity (Wildman–Crippen MR) is 81.5 cm³/mol. The summed E-state index contributed by atoms with van der Waals surface area (Å²) < 4.78 is 14.7. The van der Waals surface area contributed by atoms with Gasteiger partial charge in [0.25, 0.3) is 0 Å². The molecule has 102 valence electrons. The van der Waals surface area contributed by atoms with E-state index in [2.05, 4.69) is 26.1 Å². The van der Waals surface area contributed by atoms with E-state index >= 15 is 0 Å². The van der Waals surface area contributed by atoms with Crippen molar-refractivity contribution in [3.8, 4) is 11.1 Å². The summed E-state index contributed by atoms with van der Waals surface area (Å²) >= 11 is 3.40. The number of fused-ring (bicyclic) bond motifs is 1. The largest absolute Gasteiger partial charge is 0.397 e. The monoisotopic (exact) mass is 334 g/mol. The van der Waals surface area contributed by atoms with E-state index in [1.165, 1.54) is 6.07 Å². The first-order valence-corrected chi connectivity index (χ1v) is 6.82. The van der Waals surface area contributed by atoms with Crippen molar-refractivity contribution >= 4 is 32.5 Å². The molecule has 1 aromatic heterocycles. The van der Waals surface area contributed by atoms with E-state index < -0.39 is 0 Å². The standard InChI is InChI=1S/C14H12BrFN4/c15-14-12-9(6-17)8(5-11(18)13(12)19-20-14)7-3-1-2-4-10(7)16/h1-5H,6,17-18H2,(H,19,20). The van der Waals surface area contributed by atoms with E-state index in [9.17, 15) is 4.39 Å². The minimum atomic E-state index is -0.305. The van der Waals surface area contributed by atoms with Crippen LogP contribution in [0.15, 0.2) is 34.9 Å². The second-order valence-corrected chi connectivity index (χ2v) is 5.23. The summed E-state index contributed by atoms with van der Waals surface area (Å²) in [6.07, 6.45) is 0. The third kappa shape index (κ3) is 1.88. The molecule has 4 nitrogen and oxygen atoms in total. The van der Waals surface area contributed by atoms with Crippen molar-refractivity contribution in [3.63, 3.8) is 0 Å². The molecule has 0 amide bonds. The number of aromatic amines is 1. The first-order chi connectivity index (χ1) is 9.63. The molecule has 2 aromatic carbocycles. The minimum absolute atomic E-state index is 0.262. The summed E-state index contributed by atoms with van der Waals surface area (Å²) in [6, 6.07) is 8.28. The van der Waals surface area contributed by atoms with Crippen LogP contribution in [0.25, 0.3) is 22.0 Å². The summed E-state index contributed by atoms with van der Waals surface area (Å²) in [6.45, 7) is 0.262. The number of nitrogens with one attached hydrogen (secondary N) is 1. The third-order valence-electron chi connectivity index (χ3n) is 3.29. The van der Waals surface area contributed by atoms with Gasteiger partial charge in [-0.05, 0) is 39.2 Å². The van der Waals surface area contributed by atoms with Crippen LogP contribution in [-0.2, 0) is 6.54 Å². The molecule has 1 heterocycles. The smallest absolute Gasteiger partial charge is 0.131 e. The summed E-state index contributed by atoms with van der Waals surface area (Å²) in [5.74, 6) is -0.305. The Balaban J connectivity index is 2.42. The van der Waals surface area contributed by atoms with Crippen molar-refractivity contribution in [2.24, 2.45) is 5.73 Å². The minimum Gasteiger partial charge on any atom is -0.397 e. The molecule has 0 atom stereocenters. The molecule has 0 unspecified atom stereocenters. The van der Waals surface area contributed by atoms with Gasteiger partial charge in [0.05, 0.1) is 5.69 Å². The molecule has 0 fully saturated rings. The molecular formula is C14H12BrFN4. The third-order valence-corrected chi connectivity index (χ3v) is 3.86. The van der Waals surface area contributed by atoms with Crippen molar-refractivity contribution in [2.45, 2.75) is 6.54 Å². The van der Waals surface area contributed by atoms with Crippen molar-refractivity contribution in [1.82, 2.24) is 10.2 Å². The first kappa shape index (κ1) is 13.1. The number of H-pyrrole nitrogens is 1. The van der Waals surface area contributed by atoms with Gasteiger partial charge in [0.15, 0.2) is 0 Å². The van der Waals surface area contributed by atoms with Crippen LogP contribution in [0.1, 0.15) is 5.56 Å². The van der Waals surface area contributed by atoms with Gasteiger partial charge < -0.3 is 11.5 Å². The van der Waals surface area contributed by atoms with Crippen LogP contribution < -0.4 is 11.5 Å². The van der Waals surface area contributed by atoms with Gasteiger partial charge in [0.1, 0.15) is 15.9 Å². The number of aromatic nitrogens is 2. The maximum Gasteiger partial charge on any atom is 0.131 e. The van der Waals surface area contributed by atoms with E-state index in [1.54, 1.807) is 24.3 Å². The van der Waals surface area contributed by atoms with Crippen LogP contribution in [0.4, 0.5) is 10.1 Å². The molecule has 5 N–H and O–H groups in total. The highest BCUT2D eigenvalue weighted by molar-refractivity contribution is 9.10. The van der Waals surface area contributed by atoms with E-state index in [0.717, 1.165) is 10.9 Å². The zero-order valence-electron chi connectivity index (χ0n) is 10.5. The van der Waals surface area contributed by atoms with Gasteiger partial charge in [-0.2, -0.15) is 5.10 Å². The van der Waals surface area contributed by atoms with Crippen LogP contribution >= 0.6 is 15.9 Å². The summed E-state index contributed by atoms with van der Waals surface area (Å²) in [5.41, 5.74) is 15.0. The second-order valence-electron chi connectivity index (χ2n) is 4.44. The Morgan fingerprint density at radius 1 is 1.25 bits per heavy atom. The number of anilines is 1. The molecule has 3 aromatic rings. The lowest BCUT2D eigenvalue weighted by Crippen LogP contribution is -2.02. The fraction of sp³-hybridized carbons (Fsp3) is 0.0714. The van der Waals surface area contributed by atoms with Gasteiger partial charge >= 0.3 is 0 Å². The molecular weight excluding hydrogens is 323 g/mol. The van der Waals surface area contributed by atoms with Gasteiger partial charge in [-0.1, -0.05) is 18.2 Å². The van der Waals surface area contributed by atoms with Crippen molar-refractivity contribution in [2.75, 3.05) is 5.73 Å². The molecule has 0 aliphatic rings. The Morgan fingerprint density at radius 2 is 2.00 bits per heavy atom. The van der Waals surface area contributed by atoms with Crippen molar-refractivity contribution < 1.29 is 4.39 Å². The molecule has 0 bridgehead atoms. The molecule has 6 heteroatoms. The molecule has 0 saturated heterocycles. The average Bonchev–Trinajstić information content (AvgIpc) is 2.82. The number of benzene rings is 2. The van der Waals surface area contributed by atoms with Crippen molar-refractivity contribution in [3.05, 3.63) is 46.3 Å². The van der Waals surface area contributed by atoms with Crippen LogP contribution in [0.3, 0.4) is 0 Å². The van der Waals surface area contributed by atoms with Crippen LogP contribution in [0.5, 0.6) is 0 Å². The number of hydrogen-bond acceptors (Lipinski definition) is 3. The lowest BCUT2D eigenvalue weighted by atomic mass is 9.95. The van der Waals surface area contributed by atoms with Gasteiger partial charge in [-0.3, -0.25) is 5.10 Å². The number of nitrogen functional groups attached to an aromatic ring is 1. The average molecular weight is 335 g/mol. The highest BCUT2D eigenvalue weighted by Crippen LogP contribution is 2.37. The van der Waals surface area contributed by atoms with Crippen LogP contribution in [0.2, 0.25) is 0 Å². The molecule has 0 spiro atoms. The van der Waals surface area contributed by atoms with E-state index in [1.807, 2.05) is 0 Å².